The number of carboxylic acids is 1. The quantitative estimate of drug-likeness (QED) is 0.404. The molecule has 2 rings (SSSR count). The Labute approximate surface area is 173 Å². The molecule has 0 bridgehead atoms. The standard InChI is InChI=1S/C20H25N5O5/c1-25-11-10-15(24-25)14-5-2-13(3-6-14)4-8-18(27)23-16(7-9-19(28)29)20(30)22-12-17(21)26/h2-3,5-6,10-11,16H,4,7-9,12H2,1H3,(H2,21,26)(H,22,30)(H,23,27)(H,28,29). The fraction of sp³-hybridized carbons (Fsp3) is 0.350. The number of carboxylic acid groups (broad SMARTS) is 1. The van der Waals surface area contributed by atoms with E-state index < -0.39 is 29.7 Å². The molecule has 160 valence electrons. The van der Waals surface area contributed by atoms with Crippen LogP contribution < -0.4 is 16.4 Å². The zero-order chi connectivity index (χ0) is 22.1. The second-order valence-electron chi connectivity index (χ2n) is 6.81. The average molecular weight is 415 g/mol. The molecule has 1 heterocycles. The first-order valence-electron chi connectivity index (χ1n) is 9.40. The van der Waals surface area contributed by atoms with Gasteiger partial charge >= 0.3 is 5.97 Å². The highest BCUT2D eigenvalue weighted by Gasteiger charge is 2.21. The van der Waals surface area contributed by atoms with Gasteiger partial charge in [0.1, 0.15) is 6.04 Å². The Morgan fingerprint density at radius 3 is 2.40 bits per heavy atom. The molecule has 0 saturated carbocycles. The Morgan fingerprint density at radius 1 is 1.13 bits per heavy atom. The summed E-state index contributed by atoms with van der Waals surface area (Å²) >= 11 is 0. The third-order valence-electron chi connectivity index (χ3n) is 4.34. The summed E-state index contributed by atoms with van der Waals surface area (Å²) in [5.74, 6) is -2.87. The zero-order valence-corrected chi connectivity index (χ0v) is 16.6. The lowest BCUT2D eigenvalue weighted by atomic mass is 10.0. The summed E-state index contributed by atoms with van der Waals surface area (Å²) in [7, 11) is 1.84. The topological polar surface area (TPSA) is 156 Å². The molecule has 1 unspecified atom stereocenters. The van der Waals surface area contributed by atoms with E-state index in [0.717, 1.165) is 16.8 Å². The van der Waals surface area contributed by atoms with Crippen molar-refractivity contribution in [3.63, 3.8) is 0 Å². The van der Waals surface area contributed by atoms with Gasteiger partial charge in [0.15, 0.2) is 0 Å². The number of primary amides is 1. The van der Waals surface area contributed by atoms with Crippen LogP contribution in [0.2, 0.25) is 0 Å². The third-order valence-corrected chi connectivity index (χ3v) is 4.34. The molecular formula is C20H25N5O5. The molecule has 1 atom stereocenters. The molecular weight excluding hydrogens is 390 g/mol. The van der Waals surface area contributed by atoms with Gasteiger partial charge in [0.05, 0.1) is 12.2 Å². The van der Waals surface area contributed by atoms with E-state index in [1.807, 2.05) is 43.6 Å². The molecule has 10 heteroatoms. The van der Waals surface area contributed by atoms with E-state index >= 15 is 0 Å². The lowest BCUT2D eigenvalue weighted by Crippen LogP contribution is -2.48. The second-order valence-corrected chi connectivity index (χ2v) is 6.81. The molecule has 10 nitrogen and oxygen atoms in total. The van der Waals surface area contributed by atoms with Crippen molar-refractivity contribution in [2.45, 2.75) is 31.7 Å². The summed E-state index contributed by atoms with van der Waals surface area (Å²) in [5.41, 5.74) is 7.73. The summed E-state index contributed by atoms with van der Waals surface area (Å²) in [6, 6.07) is 8.49. The SMILES string of the molecule is Cn1ccc(-c2ccc(CCC(=O)NC(CCC(=O)O)C(=O)NCC(N)=O)cc2)n1. The van der Waals surface area contributed by atoms with Crippen molar-refractivity contribution >= 4 is 23.7 Å². The van der Waals surface area contributed by atoms with E-state index in [1.54, 1.807) is 4.68 Å². The zero-order valence-electron chi connectivity index (χ0n) is 16.6. The molecule has 0 aliphatic rings. The molecule has 1 aromatic carbocycles. The lowest BCUT2D eigenvalue weighted by molar-refractivity contribution is -0.138. The van der Waals surface area contributed by atoms with E-state index in [9.17, 15) is 19.2 Å². The van der Waals surface area contributed by atoms with Crippen LogP contribution in [0.1, 0.15) is 24.8 Å². The predicted octanol–water partition coefficient (Wildman–Crippen LogP) is -0.0292. The first-order chi connectivity index (χ1) is 14.2. The minimum Gasteiger partial charge on any atom is -0.481 e. The van der Waals surface area contributed by atoms with E-state index in [-0.39, 0.29) is 25.8 Å². The lowest BCUT2D eigenvalue weighted by Gasteiger charge is -2.17. The Balaban J connectivity index is 1.89. The van der Waals surface area contributed by atoms with Crippen molar-refractivity contribution < 1.29 is 24.3 Å². The van der Waals surface area contributed by atoms with Crippen molar-refractivity contribution in [2.75, 3.05) is 6.54 Å². The van der Waals surface area contributed by atoms with Crippen molar-refractivity contribution in [1.29, 1.82) is 0 Å². The predicted molar refractivity (Wildman–Crippen MR) is 108 cm³/mol. The minimum atomic E-state index is -1.09. The Kier molecular flexibility index (Phi) is 8.09. The largest absolute Gasteiger partial charge is 0.481 e. The van der Waals surface area contributed by atoms with Gasteiger partial charge in [-0.05, 0) is 24.5 Å². The molecule has 1 aromatic heterocycles. The first-order valence-corrected chi connectivity index (χ1v) is 9.40. The van der Waals surface area contributed by atoms with Crippen LogP contribution in [0.4, 0.5) is 0 Å². The molecule has 5 N–H and O–H groups in total. The number of nitrogens with two attached hydrogens (primary N) is 1. The number of aryl methyl sites for hydroxylation is 2. The summed E-state index contributed by atoms with van der Waals surface area (Å²) < 4.78 is 1.72. The number of nitrogens with zero attached hydrogens (tertiary/aromatic N) is 2. The van der Waals surface area contributed by atoms with E-state index in [4.69, 9.17) is 10.8 Å². The number of nitrogens with one attached hydrogen (secondary N) is 2. The fourth-order valence-corrected chi connectivity index (χ4v) is 2.77. The molecule has 0 saturated heterocycles. The van der Waals surface area contributed by atoms with E-state index in [0.29, 0.717) is 6.42 Å². The van der Waals surface area contributed by atoms with Gasteiger partial charge in [-0.15, -0.1) is 0 Å². The van der Waals surface area contributed by atoms with Crippen LogP contribution in [-0.2, 0) is 32.6 Å². The number of benzene rings is 1. The van der Waals surface area contributed by atoms with Crippen LogP contribution in [0.3, 0.4) is 0 Å². The number of amides is 3. The van der Waals surface area contributed by atoms with Gasteiger partial charge in [-0.25, -0.2) is 0 Å². The highest BCUT2D eigenvalue weighted by molar-refractivity contribution is 5.90. The molecule has 0 spiro atoms. The van der Waals surface area contributed by atoms with Gasteiger partial charge in [-0.2, -0.15) is 5.10 Å². The molecule has 3 amide bonds. The van der Waals surface area contributed by atoms with Crippen LogP contribution in [0.25, 0.3) is 11.3 Å². The van der Waals surface area contributed by atoms with Crippen LogP contribution in [0.5, 0.6) is 0 Å². The fourth-order valence-electron chi connectivity index (χ4n) is 2.77. The normalized spacial score (nSPS) is 11.5. The Bertz CT molecular complexity index is 907. The Morgan fingerprint density at radius 2 is 1.83 bits per heavy atom. The van der Waals surface area contributed by atoms with E-state index in [1.165, 1.54) is 0 Å². The summed E-state index contributed by atoms with van der Waals surface area (Å²) in [6.07, 6.45) is 2.03. The van der Waals surface area contributed by atoms with Crippen LogP contribution >= 0.6 is 0 Å². The van der Waals surface area contributed by atoms with Gasteiger partial charge < -0.3 is 21.5 Å². The number of carbonyl (C=O) groups excluding carboxylic acids is 3. The molecule has 0 aliphatic heterocycles. The minimum absolute atomic E-state index is 0.0928. The van der Waals surface area contributed by atoms with Crippen LogP contribution in [0.15, 0.2) is 36.5 Å². The maximum absolute atomic E-state index is 12.3. The summed E-state index contributed by atoms with van der Waals surface area (Å²) in [4.78, 5) is 46.0. The van der Waals surface area contributed by atoms with Crippen molar-refractivity contribution in [2.24, 2.45) is 12.8 Å². The number of aromatic nitrogens is 2. The van der Waals surface area contributed by atoms with Gasteiger partial charge in [0, 0.05) is 31.6 Å². The van der Waals surface area contributed by atoms with Crippen LogP contribution in [-0.4, -0.2) is 51.2 Å². The average Bonchev–Trinajstić information content (AvgIpc) is 3.14. The maximum atomic E-state index is 12.3. The summed E-state index contributed by atoms with van der Waals surface area (Å²) in [6.45, 7) is -0.388. The third kappa shape index (κ3) is 7.38. The van der Waals surface area contributed by atoms with Crippen LogP contribution in [0, 0.1) is 0 Å². The van der Waals surface area contributed by atoms with Gasteiger partial charge in [0.25, 0.3) is 0 Å². The number of rotatable bonds is 11. The van der Waals surface area contributed by atoms with E-state index in [2.05, 4.69) is 15.7 Å². The summed E-state index contributed by atoms with van der Waals surface area (Å²) in [5, 5.41) is 18.0. The molecule has 0 aliphatic carbocycles. The second kappa shape index (κ2) is 10.7. The van der Waals surface area contributed by atoms with Crippen molar-refractivity contribution in [1.82, 2.24) is 20.4 Å². The smallest absolute Gasteiger partial charge is 0.303 e. The van der Waals surface area contributed by atoms with Gasteiger partial charge in [-0.3, -0.25) is 23.9 Å². The number of hydrogen-bond acceptors (Lipinski definition) is 5. The van der Waals surface area contributed by atoms with Crippen molar-refractivity contribution in [3.05, 3.63) is 42.1 Å². The molecule has 0 radical (unpaired) electrons. The van der Waals surface area contributed by atoms with Gasteiger partial charge in [0.2, 0.25) is 17.7 Å². The van der Waals surface area contributed by atoms with Gasteiger partial charge in [-0.1, -0.05) is 24.3 Å². The van der Waals surface area contributed by atoms with Crippen molar-refractivity contribution in [3.8, 4) is 11.3 Å². The Hall–Kier alpha value is -3.69. The highest BCUT2D eigenvalue weighted by Crippen LogP contribution is 2.18. The molecule has 2 aromatic rings. The number of carbonyl (C=O) groups is 4. The maximum Gasteiger partial charge on any atom is 0.303 e. The highest BCUT2D eigenvalue weighted by atomic mass is 16.4. The first kappa shape index (κ1) is 22.6. The molecule has 0 fully saturated rings. The number of aliphatic carboxylic acids is 1. The molecule has 30 heavy (non-hydrogen) atoms. The monoisotopic (exact) mass is 415 g/mol. The number of hydrogen-bond donors (Lipinski definition) is 4.